The highest BCUT2D eigenvalue weighted by atomic mass is 31.2. The number of aromatic nitrogens is 3. The van der Waals surface area contributed by atoms with E-state index in [0.29, 0.717) is 18.7 Å². The van der Waals surface area contributed by atoms with E-state index in [-0.39, 0.29) is 46.0 Å². The molecule has 13 heteroatoms. The summed E-state index contributed by atoms with van der Waals surface area (Å²) >= 11 is 0. The van der Waals surface area contributed by atoms with E-state index in [9.17, 15) is 31.3 Å². The normalized spacial score (nSPS) is 16.7. The molecular weight excluding hydrogens is 516 g/mol. The number of nitrogens with zero attached hydrogens (tertiary/aromatic N) is 4. The SMILES string of the molecule is CC(=O)N1CCP(=O)(c2cc3c(N[C@H](C)c4cccc(C(F)(F)F)c4C)nc(C(F)F)nc3cn2)CC1. The minimum absolute atomic E-state index is 0.00599. The van der Waals surface area contributed by atoms with Crippen molar-refractivity contribution in [1.82, 2.24) is 19.9 Å². The Kier molecular flexibility index (Phi) is 7.25. The fraction of sp³-hybridized carbons (Fsp3) is 0.417. The number of pyridine rings is 1. The average molecular weight is 541 g/mol. The quantitative estimate of drug-likeness (QED) is 0.348. The summed E-state index contributed by atoms with van der Waals surface area (Å²) in [6.45, 7) is 5.00. The number of alkyl halides is 5. The number of amides is 1. The van der Waals surface area contributed by atoms with Crippen LogP contribution in [0.4, 0.5) is 27.8 Å². The Balaban J connectivity index is 1.75. The zero-order valence-corrected chi connectivity index (χ0v) is 21.2. The number of fused-ring (bicyclic) bond motifs is 1. The highest BCUT2D eigenvalue weighted by Crippen LogP contribution is 2.46. The molecule has 4 rings (SSSR count). The van der Waals surface area contributed by atoms with Crippen LogP contribution in [0.3, 0.4) is 0 Å². The monoisotopic (exact) mass is 541 g/mol. The van der Waals surface area contributed by atoms with Crippen molar-refractivity contribution in [2.75, 3.05) is 30.7 Å². The third kappa shape index (κ3) is 5.44. The summed E-state index contributed by atoms with van der Waals surface area (Å²) in [5.74, 6) is -0.905. The summed E-state index contributed by atoms with van der Waals surface area (Å²) in [4.78, 5) is 25.3. The van der Waals surface area contributed by atoms with E-state index in [4.69, 9.17) is 0 Å². The van der Waals surface area contributed by atoms with Gasteiger partial charge in [-0.05, 0) is 37.1 Å². The van der Waals surface area contributed by atoms with Crippen molar-refractivity contribution in [2.45, 2.75) is 39.4 Å². The van der Waals surface area contributed by atoms with E-state index in [1.165, 1.54) is 38.2 Å². The number of anilines is 1. The maximum Gasteiger partial charge on any atom is 0.416 e. The summed E-state index contributed by atoms with van der Waals surface area (Å²) in [6, 6.07) is 4.54. The topological polar surface area (TPSA) is 88.1 Å². The molecule has 0 bridgehead atoms. The number of nitrogens with one attached hydrogen (secondary N) is 1. The smallest absolute Gasteiger partial charge is 0.363 e. The van der Waals surface area contributed by atoms with Gasteiger partial charge < -0.3 is 14.8 Å². The Morgan fingerprint density at radius 2 is 1.84 bits per heavy atom. The first-order valence-corrected chi connectivity index (χ1v) is 13.6. The van der Waals surface area contributed by atoms with Crippen LogP contribution in [0.15, 0.2) is 30.5 Å². The molecule has 37 heavy (non-hydrogen) atoms. The predicted molar refractivity (Wildman–Crippen MR) is 130 cm³/mol. The first-order valence-electron chi connectivity index (χ1n) is 11.5. The van der Waals surface area contributed by atoms with Gasteiger partial charge in [0.25, 0.3) is 6.43 Å². The molecule has 1 aliphatic heterocycles. The summed E-state index contributed by atoms with van der Waals surface area (Å²) < 4.78 is 81.0. The molecule has 1 atom stereocenters. The molecule has 2 aromatic heterocycles. The molecule has 3 heterocycles. The molecule has 1 saturated heterocycles. The van der Waals surface area contributed by atoms with Gasteiger partial charge >= 0.3 is 6.18 Å². The molecule has 198 valence electrons. The largest absolute Gasteiger partial charge is 0.416 e. The van der Waals surface area contributed by atoms with Crippen LogP contribution >= 0.6 is 7.14 Å². The molecule has 7 nitrogen and oxygen atoms in total. The Morgan fingerprint density at radius 1 is 1.16 bits per heavy atom. The fourth-order valence-electron chi connectivity index (χ4n) is 4.51. The molecular formula is C24H25F5N5O2P. The number of rotatable bonds is 5. The molecule has 1 fully saturated rings. The van der Waals surface area contributed by atoms with Crippen LogP contribution in [0.25, 0.3) is 10.9 Å². The standard InChI is InChI=1S/C24H25F5N5O2P/c1-13-16(5-4-6-18(13)24(27,28)29)14(2)31-22-17-11-20(30-12-19(17)32-23(33-22)21(25)26)37(36)9-7-34(8-10-37)15(3)35/h4-6,11-12,14,21H,7-10H2,1-3H3,(H,31,32,33)/t14-/m1/s1. The summed E-state index contributed by atoms with van der Waals surface area (Å²) in [6.07, 6.45) is -5.84. The average Bonchev–Trinajstić information content (AvgIpc) is 2.83. The van der Waals surface area contributed by atoms with Crippen LogP contribution in [0.5, 0.6) is 0 Å². The Hall–Kier alpha value is -3.14. The van der Waals surface area contributed by atoms with Crippen molar-refractivity contribution in [3.05, 3.63) is 53.0 Å². The maximum absolute atomic E-state index is 13.7. The van der Waals surface area contributed by atoms with E-state index < -0.39 is 37.2 Å². The van der Waals surface area contributed by atoms with Crippen LogP contribution in [0.1, 0.15) is 48.8 Å². The summed E-state index contributed by atoms with van der Waals surface area (Å²) in [7, 11) is -2.98. The van der Waals surface area contributed by atoms with Crippen molar-refractivity contribution in [3.8, 4) is 0 Å². The number of carbonyl (C=O) groups excluding carboxylic acids is 1. The van der Waals surface area contributed by atoms with Gasteiger partial charge in [0.1, 0.15) is 18.4 Å². The van der Waals surface area contributed by atoms with Crippen molar-refractivity contribution < 1.29 is 31.3 Å². The van der Waals surface area contributed by atoms with Gasteiger partial charge in [-0.2, -0.15) is 13.2 Å². The van der Waals surface area contributed by atoms with Gasteiger partial charge in [-0.1, -0.05) is 12.1 Å². The lowest BCUT2D eigenvalue weighted by atomic mass is 9.97. The number of hydrogen-bond donors (Lipinski definition) is 1. The summed E-state index contributed by atoms with van der Waals surface area (Å²) in [5, 5.41) is 3.23. The van der Waals surface area contributed by atoms with Gasteiger partial charge in [-0.25, -0.2) is 18.7 Å². The molecule has 1 N–H and O–H groups in total. The third-order valence-electron chi connectivity index (χ3n) is 6.61. The van der Waals surface area contributed by atoms with Crippen molar-refractivity contribution >= 4 is 35.2 Å². The number of halogens is 5. The molecule has 3 aromatic rings. The zero-order chi connectivity index (χ0) is 27.1. The van der Waals surface area contributed by atoms with Gasteiger partial charge in [0.2, 0.25) is 5.91 Å². The predicted octanol–water partition coefficient (Wildman–Crippen LogP) is 5.31. The molecule has 0 unspecified atom stereocenters. The van der Waals surface area contributed by atoms with Gasteiger partial charge in [-0.3, -0.25) is 9.78 Å². The number of carbonyl (C=O) groups is 1. The van der Waals surface area contributed by atoms with E-state index in [1.807, 2.05) is 0 Å². The Bertz CT molecular complexity index is 1390. The van der Waals surface area contributed by atoms with Crippen LogP contribution in [0, 0.1) is 6.92 Å². The minimum Gasteiger partial charge on any atom is -0.363 e. The lowest BCUT2D eigenvalue weighted by Crippen LogP contribution is -2.40. The first kappa shape index (κ1) is 26.9. The summed E-state index contributed by atoms with van der Waals surface area (Å²) in [5.41, 5.74) is -0.118. The Labute approximate surface area is 209 Å². The molecule has 1 aliphatic rings. The number of hydrogen-bond acceptors (Lipinski definition) is 6. The van der Waals surface area contributed by atoms with Crippen molar-refractivity contribution in [2.24, 2.45) is 0 Å². The molecule has 0 aliphatic carbocycles. The second-order valence-electron chi connectivity index (χ2n) is 9.02. The van der Waals surface area contributed by atoms with Crippen LogP contribution in [-0.2, 0) is 15.5 Å². The lowest BCUT2D eigenvalue weighted by Gasteiger charge is -2.31. The second-order valence-corrected chi connectivity index (χ2v) is 12.1. The van der Waals surface area contributed by atoms with Crippen LogP contribution in [0.2, 0.25) is 0 Å². The van der Waals surface area contributed by atoms with Crippen molar-refractivity contribution in [1.29, 1.82) is 0 Å². The van der Waals surface area contributed by atoms with Crippen LogP contribution < -0.4 is 10.8 Å². The third-order valence-corrected chi connectivity index (χ3v) is 9.53. The molecule has 1 amide bonds. The van der Waals surface area contributed by atoms with Gasteiger partial charge in [0.15, 0.2) is 5.82 Å². The van der Waals surface area contributed by atoms with E-state index >= 15 is 0 Å². The van der Waals surface area contributed by atoms with E-state index in [2.05, 4.69) is 20.3 Å². The fourth-order valence-corrected chi connectivity index (χ4v) is 6.96. The van der Waals surface area contributed by atoms with Gasteiger partial charge in [0, 0.05) is 37.7 Å². The number of benzene rings is 1. The molecule has 0 spiro atoms. The highest BCUT2D eigenvalue weighted by Gasteiger charge is 2.34. The molecule has 0 saturated carbocycles. The maximum atomic E-state index is 13.7. The minimum atomic E-state index is -4.55. The zero-order valence-electron chi connectivity index (χ0n) is 20.3. The van der Waals surface area contributed by atoms with Gasteiger partial charge in [-0.15, -0.1) is 0 Å². The van der Waals surface area contributed by atoms with E-state index in [0.717, 1.165) is 6.07 Å². The second kappa shape index (κ2) is 9.96. The van der Waals surface area contributed by atoms with Gasteiger partial charge in [0.05, 0.1) is 23.3 Å². The first-order chi connectivity index (χ1) is 17.3. The van der Waals surface area contributed by atoms with E-state index in [1.54, 1.807) is 11.8 Å². The van der Waals surface area contributed by atoms with Crippen molar-refractivity contribution in [3.63, 3.8) is 0 Å². The highest BCUT2D eigenvalue weighted by molar-refractivity contribution is 7.71. The van der Waals surface area contributed by atoms with Crippen LogP contribution in [-0.4, -0.2) is 51.2 Å². The lowest BCUT2D eigenvalue weighted by molar-refractivity contribution is -0.138. The Morgan fingerprint density at radius 3 is 2.43 bits per heavy atom. The molecule has 1 aromatic carbocycles. The molecule has 0 radical (unpaired) electrons.